The van der Waals surface area contributed by atoms with Gasteiger partial charge in [-0.15, -0.1) is 0 Å². The van der Waals surface area contributed by atoms with Gasteiger partial charge in [-0.05, 0) is 69.6 Å². The van der Waals surface area contributed by atoms with E-state index >= 15 is 0 Å². The van der Waals surface area contributed by atoms with Crippen molar-refractivity contribution < 1.29 is 14.6 Å². The minimum absolute atomic E-state index is 0.351. The molecule has 0 bridgehead atoms. The van der Waals surface area contributed by atoms with Crippen molar-refractivity contribution in [2.45, 2.75) is 57.0 Å². The molecule has 3 aromatic rings. The normalized spacial score (nSPS) is 15.4. The van der Waals surface area contributed by atoms with E-state index in [1.54, 1.807) is 7.11 Å². The van der Waals surface area contributed by atoms with Crippen LogP contribution in [-0.4, -0.2) is 45.5 Å². The lowest BCUT2D eigenvalue weighted by Crippen LogP contribution is -2.47. The number of aliphatic hydroxyl groups is 1. The topological polar surface area (TPSA) is 79.3 Å². The molecule has 0 amide bonds. The fourth-order valence-corrected chi connectivity index (χ4v) is 5.47. The third-order valence-corrected chi connectivity index (χ3v) is 7.55. The Morgan fingerprint density at radius 3 is 2.32 bits per heavy atom. The van der Waals surface area contributed by atoms with Gasteiger partial charge in [-0.3, -0.25) is 9.59 Å². The summed E-state index contributed by atoms with van der Waals surface area (Å²) in [7, 11) is 3.55. The maximum absolute atomic E-state index is 12.4. The summed E-state index contributed by atoms with van der Waals surface area (Å²) in [5.74, 6) is 1.36. The molecule has 7 nitrogen and oxygen atoms in total. The van der Waals surface area contributed by atoms with Crippen LogP contribution in [0.4, 0.5) is 11.4 Å². The van der Waals surface area contributed by atoms with Crippen LogP contribution in [0.15, 0.2) is 64.2 Å². The van der Waals surface area contributed by atoms with Gasteiger partial charge in [-0.25, -0.2) is 0 Å². The molecule has 38 heavy (non-hydrogen) atoms. The number of piperidine rings is 1. The molecule has 3 aromatic carbocycles. The van der Waals surface area contributed by atoms with Crippen molar-refractivity contribution >= 4 is 11.4 Å². The number of para-hydroxylation sites is 2. The quantitative estimate of drug-likeness (QED) is 0.237. The SMILES string of the molecule is COCCC[C@](O)(CCCCN(C)c1c(N2CCCCC2)c(=O)c1=O)c1ccccc1Oc1ccccc1. The molecule has 4 rings (SSSR count). The number of nitrogens with zero attached hydrogens (tertiary/aromatic N) is 2. The van der Waals surface area contributed by atoms with Crippen LogP contribution in [-0.2, 0) is 10.3 Å². The van der Waals surface area contributed by atoms with Crippen molar-refractivity contribution in [3.8, 4) is 11.5 Å². The molecule has 7 heteroatoms. The van der Waals surface area contributed by atoms with E-state index in [0.717, 1.165) is 56.5 Å². The van der Waals surface area contributed by atoms with Gasteiger partial charge < -0.3 is 24.4 Å². The van der Waals surface area contributed by atoms with Crippen LogP contribution >= 0.6 is 0 Å². The van der Waals surface area contributed by atoms with Crippen LogP contribution in [0.2, 0.25) is 0 Å². The van der Waals surface area contributed by atoms with Gasteiger partial charge >= 0.3 is 0 Å². The number of methoxy groups -OCH3 is 1. The van der Waals surface area contributed by atoms with Crippen LogP contribution in [0.5, 0.6) is 11.5 Å². The Morgan fingerprint density at radius 2 is 1.58 bits per heavy atom. The second-order valence-electron chi connectivity index (χ2n) is 10.3. The molecule has 0 aromatic heterocycles. The Balaban J connectivity index is 1.43. The number of anilines is 2. The van der Waals surface area contributed by atoms with E-state index in [9.17, 15) is 14.7 Å². The van der Waals surface area contributed by atoms with Crippen molar-refractivity contribution in [1.29, 1.82) is 0 Å². The highest BCUT2D eigenvalue weighted by Gasteiger charge is 2.32. The summed E-state index contributed by atoms with van der Waals surface area (Å²) >= 11 is 0. The standard InChI is InChI=1S/C31H40N2O5/c1-32(27-28(30(35)29(27)34)33-21-10-4-11-22-33)20-12-9-18-31(36,19-13-23-37-2)25-16-7-8-17-26(25)38-24-14-5-3-6-15-24/h3,5-8,14-17,36H,4,9-13,18-23H2,1-2H3/t31-/m1/s1. The first-order chi connectivity index (χ1) is 18.4. The molecule has 1 heterocycles. The minimum Gasteiger partial charge on any atom is -0.457 e. The fraction of sp³-hybridized carbons (Fsp3) is 0.484. The van der Waals surface area contributed by atoms with Crippen molar-refractivity contribution in [3.05, 3.63) is 80.6 Å². The number of ether oxygens (including phenoxy) is 2. The molecule has 1 aliphatic rings. The molecule has 1 saturated heterocycles. The molecule has 0 aliphatic carbocycles. The number of hydrogen-bond donors (Lipinski definition) is 1. The lowest BCUT2D eigenvalue weighted by atomic mass is 9.84. The zero-order valence-electron chi connectivity index (χ0n) is 22.7. The Morgan fingerprint density at radius 1 is 0.895 bits per heavy atom. The number of benzene rings is 2. The summed E-state index contributed by atoms with van der Waals surface area (Å²) in [4.78, 5) is 28.8. The third kappa shape index (κ3) is 6.45. The number of unbranched alkanes of at least 4 members (excludes halogenated alkanes) is 1. The Bertz CT molecular complexity index is 1230. The van der Waals surface area contributed by atoms with Gasteiger partial charge in [0, 0.05) is 46.0 Å². The average molecular weight is 521 g/mol. The lowest BCUT2D eigenvalue weighted by molar-refractivity contribution is 0.00637. The van der Waals surface area contributed by atoms with Crippen LogP contribution in [0.1, 0.15) is 56.9 Å². The summed E-state index contributed by atoms with van der Waals surface area (Å²) in [5, 5.41) is 11.9. The van der Waals surface area contributed by atoms with Gasteiger partial charge in [0.15, 0.2) is 0 Å². The maximum atomic E-state index is 12.4. The summed E-state index contributed by atoms with van der Waals surface area (Å²) in [6, 6.07) is 17.3. The van der Waals surface area contributed by atoms with Crippen LogP contribution in [0.3, 0.4) is 0 Å². The van der Waals surface area contributed by atoms with E-state index in [1.165, 1.54) is 6.42 Å². The average Bonchev–Trinajstić information content (AvgIpc) is 2.95. The molecule has 1 aliphatic heterocycles. The van der Waals surface area contributed by atoms with Crippen LogP contribution in [0, 0.1) is 0 Å². The Labute approximate surface area is 225 Å². The summed E-state index contributed by atoms with van der Waals surface area (Å²) in [6.07, 6.45) is 6.62. The largest absolute Gasteiger partial charge is 0.457 e. The molecular formula is C31H40N2O5. The molecule has 0 spiro atoms. The highest BCUT2D eigenvalue weighted by atomic mass is 16.5. The first-order valence-corrected chi connectivity index (χ1v) is 13.8. The van der Waals surface area contributed by atoms with Gasteiger partial charge in [-0.1, -0.05) is 36.4 Å². The summed E-state index contributed by atoms with van der Waals surface area (Å²) < 4.78 is 11.4. The monoisotopic (exact) mass is 520 g/mol. The Kier molecular flexibility index (Phi) is 9.58. The highest BCUT2D eigenvalue weighted by Crippen LogP contribution is 2.39. The van der Waals surface area contributed by atoms with Gasteiger partial charge in [-0.2, -0.15) is 0 Å². The van der Waals surface area contributed by atoms with E-state index < -0.39 is 5.60 Å². The van der Waals surface area contributed by atoms with E-state index in [-0.39, 0.29) is 10.9 Å². The fourth-order valence-electron chi connectivity index (χ4n) is 5.47. The third-order valence-electron chi connectivity index (χ3n) is 7.55. The molecule has 0 unspecified atom stereocenters. The zero-order valence-corrected chi connectivity index (χ0v) is 22.7. The molecule has 0 radical (unpaired) electrons. The molecular weight excluding hydrogens is 480 g/mol. The molecule has 1 N–H and O–H groups in total. The van der Waals surface area contributed by atoms with Gasteiger partial charge in [0.2, 0.25) is 0 Å². The summed E-state index contributed by atoms with van der Waals surface area (Å²) in [5.41, 5.74) is 0.105. The van der Waals surface area contributed by atoms with E-state index in [0.29, 0.717) is 43.1 Å². The number of hydrogen-bond acceptors (Lipinski definition) is 7. The molecule has 1 fully saturated rings. The maximum Gasteiger partial charge on any atom is 0.253 e. The highest BCUT2D eigenvalue weighted by molar-refractivity contribution is 5.76. The zero-order chi connectivity index (χ0) is 27.0. The second kappa shape index (κ2) is 13.1. The van der Waals surface area contributed by atoms with Crippen molar-refractivity contribution in [2.24, 2.45) is 0 Å². The van der Waals surface area contributed by atoms with Crippen LogP contribution < -0.4 is 25.4 Å². The lowest BCUT2D eigenvalue weighted by Gasteiger charge is -2.34. The molecule has 204 valence electrons. The van der Waals surface area contributed by atoms with Crippen LogP contribution in [0.25, 0.3) is 0 Å². The predicted molar refractivity (Wildman–Crippen MR) is 153 cm³/mol. The van der Waals surface area contributed by atoms with E-state index in [1.807, 2.05) is 66.5 Å². The van der Waals surface area contributed by atoms with Crippen molar-refractivity contribution in [2.75, 3.05) is 50.2 Å². The summed E-state index contributed by atoms with van der Waals surface area (Å²) in [6.45, 7) is 2.88. The van der Waals surface area contributed by atoms with E-state index in [4.69, 9.17) is 9.47 Å². The second-order valence-corrected chi connectivity index (χ2v) is 10.3. The minimum atomic E-state index is -1.08. The smallest absolute Gasteiger partial charge is 0.253 e. The van der Waals surface area contributed by atoms with Crippen molar-refractivity contribution in [1.82, 2.24) is 0 Å². The first kappa shape index (κ1) is 27.9. The number of rotatable bonds is 14. The molecule has 1 atom stereocenters. The first-order valence-electron chi connectivity index (χ1n) is 13.8. The van der Waals surface area contributed by atoms with Gasteiger partial charge in [0.1, 0.15) is 22.9 Å². The predicted octanol–water partition coefficient (Wildman–Crippen LogP) is 4.99. The Hall–Kier alpha value is -3.16. The van der Waals surface area contributed by atoms with Gasteiger partial charge in [0.25, 0.3) is 10.9 Å². The van der Waals surface area contributed by atoms with E-state index in [2.05, 4.69) is 4.90 Å². The van der Waals surface area contributed by atoms with Gasteiger partial charge in [0.05, 0.1) is 5.60 Å². The van der Waals surface area contributed by atoms with Crippen molar-refractivity contribution in [3.63, 3.8) is 0 Å². The molecule has 0 saturated carbocycles.